The summed E-state index contributed by atoms with van der Waals surface area (Å²) in [5.74, 6) is 0. The molecule has 3 nitrogen and oxygen atoms in total. The predicted molar refractivity (Wildman–Crippen MR) is 72.6 cm³/mol. The van der Waals surface area contributed by atoms with Crippen LogP contribution in [0.15, 0.2) is 18.3 Å². The summed E-state index contributed by atoms with van der Waals surface area (Å²) in [6.07, 6.45) is -0.658. The minimum Gasteiger partial charge on any atom is -0.372 e. The third-order valence-corrected chi connectivity index (χ3v) is 2.96. The number of nitrogens with zero attached hydrogens (tertiary/aromatic N) is 1. The Balaban J connectivity index is 2.32. The zero-order valence-electron chi connectivity index (χ0n) is 12.0. The maximum Gasteiger partial charge on any atom is 0.411 e. The Kier molecular flexibility index (Phi) is 7.09. The number of rotatable bonds is 9. The van der Waals surface area contributed by atoms with Crippen molar-refractivity contribution in [1.29, 1.82) is 0 Å². The monoisotopic (exact) mass is 292 g/mol. The number of nitrogens with one attached hydrogen (secondary N) is 1. The SMILES string of the molecule is CCCNC(C)c1cccn1CCCOCC(F)(F)F. The van der Waals surface area contributed by atoms with E-state index in [9.17, 15) is 13.2 Å². The van der Waals surface area contributed by atoms with Gasteiger partial charge >= 0.3 is 6.18 Å². The van der Waals surface area contributed by atoms with E-state index in [0.717, 1.165) is 18.7 Å². The standard InChI is InChI=1S/C14H23F3N2O/c1-3-7-18-12(2)13-6-4-8-19(13)9-5-10-20-11-14(15,16)17/h4,6,8,12,18H,3,5,7,9-11H2,1-2H3. The van der Waals surface area contributed by atoms with Crippen molar-refractivity contribution in [2.24, 2.45) is 0 Å². The van der Waals surface area contributed by atoms with Gasteiger partial charge in [0.1, 0.15) is 6.61 Å². The average Bonchev–Trinajstić information content (AvgIpc) is 2.82. The Labute approximate surface area is 118 Å². The number of aromatic nitrogens is 1. The van der Waals surface area contributed by atoms with Crippen LogP contribution in [-0.2, 0) is 11.3 Å². The maximum absolute atomic E-state index is 11.9. The quantitative estimate of drug-likeness (QED) is 0.705. The van der Waals surface area contributed by atoms with E-state index in [1.165, 1.54) is 0 Å². The summed E-state index contributed by atoms with van der Waals surface area (Å²) in [5, 5.41) is 3.40. The highest BCUT2D eigenvalue weighted by Crippen LogP contribution is 2.16. The molecule has 0 spiro atoms. The van der Waals surface area contributed by atoms with Crippen LogP contribution < -0.4 is 5.32 Å². The lowest BCUT2D eigenvalue weighted by molar-refractivity contribution is -0.174. The fourth-order valence-electron chi connectivity index (χ4n) is 2.01. The topological polar surface area (TPSA) is 26.2 Å². The lowest BCUT2D eigenvalue weighted by Gasteiger charge is -2.17. The molecule has 1 atom stereocenters. The van der Waals surface area contributed by atoms with Crippen LogP contribution in [0.25, 0.3) is 0 Å². The van der Waals surface area contributed by atoms with Gasteiger partial charge in [-0.2, -0.15) is 13.2 Å². The molecule has 0 amide bonds. The molecule has 6 heteroatoms. The molecule has 0 fully saturated rings. The Hall–Kier alpha value is -1.01. The van der Waals surface area contributed by atoms with Gasteiger partial charge in [0.25, 0.3) is 0 Å². The summed E-state index contributed by atoms with van der Waals surface area (Å²) in [5.41, 5.74) is 1.15. The number of ether oxygens (including phenoxy) is 1. The third kappa shape index (κ3) is 6.43. The van der Waals surface area contributed by atoms with Crippen LogP contribution in [0.1, 0.15) is 38.4 Å². The van der Waals surface area contributed by atoms with Gasteiger partial charge in [0.2, 0.25) is 0 Å². The summed E-state index contributed by atoms with van der Waals surface area (Å²) in [6.45, 7) is 4.76. The highest BCUT2D eigenvalue weighted by molar-refractivity contribution is 5.11. The molecule has 1 rings (SSSR count). The minimum absolute atomic E-state index is 0.119. The average molecular weight is 292 g/mol. The van der Waals surface area contributed by atoms with Crippen LogP contribution in [-0.4, -0.2) is 30.5 Å². The van der Waals surface area contributed by atoms with E-state index in [0.29, 0.717) is 13.0 Å². The second-order valence-electron chi connectivity index (χ2n) is 4.82. The van der Waals surface area contributed by atoms with Gasteiger partial charge in [-0.05, 0) is 38.4 Å². The van der Waals surface area contributed by atoms with Gasteiger partial charge in [-0.1, -0.05) is 6.92 Å². The summed E-state index contributed by atoms with van der Waals surface area (Å²) >= 11 is 0. The molecule has 0 aliphatic carbocycles. The van der Waals surface area contributed by atoms with E-state index >= 15 is 0 Å². The second kappa shape index (κ2) is 8.32. The molecule has 20 heavy (non-hydrogen) atoms. The van der Waals surface area contributed by atoms with E-state index in [2.05, 4.69) is 28.5 Å². The van der Waals surface area contributed by atoms with E-state index in [-0.39, 0.29) is 12.6 Å². The number of halogens is 3. The van der Waals surface area contributed by atoms with Crippen LogP contribution in [0.3, 0.4) is 0 Å². The molecular weight excluding hydrogens is 269 g/mol. The summed E-state index contributed by atoms with van der Waals surface area (Å²) in [4.78, 5) is 0. The molecule has 0 aromatic carbocycles. The fourth-order valence-corrected chi connectivity index (χ4v) is 2.01. The molecule has 116 valence electrons. The molecule has 1 N–H and O–H groups in total. The summed E-state index contributed by atoms with van der Waals surface area (Å²) < 4.78 is 42.4. The third-order valence-electron chi connectivity index (χ3n) is 2.96. The van der Waals surface area contributed by atoms with E-state index in [1.54, 1.807) is 0 Å². The van der Waals surface area contributed by atoms with Crippen molar-refractivity contribution in [2.45, 2.75) is 45.5 Å². The number of hydrogen-bond donors (Lipinski definition) is 1. The number of alkyl halides is 3. The van der Waals surface area contributed by atoms with E-state index in [4.69, 9.17) is 0 Å². The van der Waals surface area contributed by atoms with Crippen LogP contribution in [0.4, 0.5) is 13.2 Å². The molecular formula is C14H23F3N2O. The first-order valence-electron chi connectivity index (χ1n) is 6.97. The van der Waals surface area contributed by atoms with Gasteiger partial charge in [0.15, 0.2) is 0 Å². The van der Waals surface area contributed by atoms with Crippen molar-refractivity contribution in [2.75, 3.05) is 19.8 Å². The largest absolute Gasteiger partial charge is 0.411 e. The molecule has 0 saturated heterocycles. The minimum atomic E-state index is -4.24. The zero-order chi connectivity index (χ0) is 15.0. The van der Waals surface area contributed by atoms with Crippen molar-refractivity contribution in [3.8, 4) is 0 Å². The normalized spacial score (nSPS) is 13.7. The van der Waals surface area contributed by atoms with Crippen LogP contribution in [0, 0.1) is 0 Å². The van der Waals surface area contributed by atoms with Crippen molar-refractivity contribution in [1.82, 2.24) is 9.88 Å². The Bertz CT molecular complexity index is 377. The van der Waals surface area contributed by atoms with Crippen LogP contribution in [0.5, 0.6) is 0 Å². The Morgan fingerprint density at radius 2 is 2.15 bits per heavy atom. The molecule has 1 aromatic rings. The first kappa shape index (κ1) is 17.0. The van der Waals surface area contributed by atoms with Crippen molar-refractivity contribution < 1.29 is 17.9 Å². The zero-order valence-corrected chi connectivity index (χ0v) is 12.0. The van der Waals surface area contributed by atoms with Crippen LogP contribution >= 0.6 is 0 Å². The maximum atomic E-state index is 11.9. The molecule has 0 radical (unpaired) electrons. The molecule has 0 aliphatic heterocycles. The van der Waals surface area contributed by atoms with Gasteiger partial charge in [0, 0.05) is 31.1 Å². The molecule has 1 unspecified atom stereocenters. The Morgan fingerprint density at radius 3 is 2.80 bits per heavy atom. The molecule has 1 heterocycles. The fraction of sp³-hybridized carbons (Fsp3) is 0.714. The molecule has 0 saturated carbocycles. The van der Waals surface area contributed by atoms with Gasteiger partial charge in [-0.3, -0.25) is 0 Å². The van der Waals surface area contributed by atoms with Gasteiger partial charge in [-0.25, -0.2) is 0 Å². The molecule has 0 bridgehead atoms. The first-order valence-corrected chi connectivity index (χ1v) is 6.97. The van der Waals surface area contributed by atoms with Gasteiger partial charge in [-0.15, -0.1) is 0 Å². The highest BCUT2D eigenvalue weighted by atomic mass is 19.4. The molecule has 0 aliphatic rings. The van der Waals surface area contributed by atoms with Crippen LogP contribution in [0.2, 0.25) is 0 Å². The van der Waals surface area contributed by atoms with Crippen molar-refractivity contribution in [3.05, 3.63) is 24.0 Å². The van der Waals surface area contributed by atoms with Crippen molar-refractivity contribution >= 4 is 0 Å². The number of hydrogen-bond acceptors (Lipinski definition) is 2. The van der Waals surface area contributed by atoms with E-state index in [1.807, 2.05) is 18.3 Å². The smallest absolute Gasteiger partial charge is 0.372 e. The highest BCUT2D eigenvalue weighted by Gasteiger charge is 2.27. The van der Waals surface area contributed by atoms with Gasteiger partial charge < -0.3 is 14.6 Å². The molecule has 1 aromatic heterocycles. The lowest BCUT2D eigenvalue weighted by atomic mass is 10.2. The Morgan fingerprint density at radius 1 is 1.40 bits per heavy atom. The second-order valence-corrected chi connectivity index (χ2v) is 4.82. The van der Waals surface area contributed by atoms with Crippen molar-refractivity contribution in [3.63, 3.8) is 0 Å². The summed E-state index contributed by atoms with van der Waals surface area (Å²) in [7, 11) is 0. The lowest BCUT2D eigenvalue weighted by Crippen LogP contribution is -2.22. The predicted octanol–water partition coefficient (Wildman–Crippen LogP) is 3.52. The van der Waals surface area contributed by atoms with E-state index < -0.39 is 12.8 Å². The van der Waals surface area contributed by atoms with Gasteiger partial charge in [0.05, 0.1) is 0 Å². The number of aryl methyl sites for hydroxylation is 1. The first-order chi connectivity index (χ1) is 9.44. The summed E-state index contributed by atoms with van der Waals surface area (Å²) in [6, 6.07) is 4.22.